The van der Waals surface area contributed by atoms with E-state index in [4.69, 9.17) is 0 Å². The van der Waals surface area contributed by atoms with E-state index in [1.807, 2.05) is 12.1 Å². The number of amides is 3. The molecule has 3 amide bonds. The predicted octanol–water partition coefficient (Wildman–Crippen LogP) is 4.72. The zero-order valence-corrected chi connectivity index (χ0v) is 20.2. The van der Waals surface area contributed by atoms with Gasteiger partial charge in [0.25, 0.3) is 0 Å². The van der Waals surface area contributed by atoms with E-state index in [9.17, 15) is 9.59 Å². The molecule has 1 aromatic heterocycles. The zero-order valence-electron chi connectivity index (χ0n) is 17.9. The Bertz CT molecular complexity index is 1240. The number of urea groups is 1. The van der Waals surface area contributed by atoms with Gasteiger partial charge in [-0.25, -0.2) is 0 Å². The third-order valence-electron chi connectivity index (χ3n) is 6.18. The van der Waals surface area contributed by atoms with Crippen LogP contribution in [0.1, 0.15) is 28.6 Å². The van der Waals surface area contributed by atoms with Crippen molar-refractivity contribution in [3.8, 4) is 0 Å². The van der Waals surface area contributed by atoms with Gasteiger partial charge in [0, 0.05) is 0 Å². The number of hydrogen-bond donors (Lipinski definition) is 0. The van der Waals surface area contributed by atoms with Crippen molar-refractivity contribution in [2.45, 2.75) is 19.3 Å². The molecule has 2 aromatic carbocycles. The summed E-state index contributed by atoms with van der Waals surface area (Å²) < 4.78 is 2.51. The van der Waals surface area contributed by atoms with Gasteiger partial charge in [0.2, 0.25) is 0 Å². The number of hydrogen-bond acceptors (Lipinski definition) is 3. The number of para-hydroxylation sites is 2. The van der Waals surface area contributed by atoms with E-state index >= 15 is 0 Å². The summed E-state index contributed by atoms with van der Waals surface area (Å²) in [6.07, 6.45) is 1.92. The van der Waals surface area contributed by atoms with Crippen molar-refractivity contribution >= 4 is 53.5 Å². The van der Waals surface area contributed by atoms with E-state index in [0.29, 0.717) is 5.70 Å². The van der Waals surface area contributed by atoms with E-state index in [-0.39, 0.29) is 17.4 Å². The Labute approximate surface area is 191 Å². The fourth-order valence-corrected chi connectivity index (χ4v) is 8.07. The van der Waals surface area contributed by atoms with Crippen LogP contribution in [-0.4, -0.2) is 56.3 Å². The quantitative estimate of drug-likeness (QED) is 0.277. The average Bonchev–Trinajstić information content (AvgIpc) is 3.27. The van der Waals surface area contributed by atoms with Crippen LogP contribution in [0.4, 0.5) is 19.9 Å². The van der Waals surface area contributed by atoms with Crippen molar-refractivity contribution in [3.63, 3.8) is 0 Å². The summed E-state index contributed by atoms with van der Waals surface area (Å²) in [6.45, 7) is 4.54. The molecule has 0 unspecified atom stereocenters. The number of benzene rings is 2. The first-order valence-electron chi connectivity index (χ1n) is 10.2. The second-order valence-electron chi connectivity index (χ2n) is 8.42. The van der Waals surface area contributed by atoms with Gasteiger partial charge < -0.3 is 0 Å². The number of nitrogens with zero attached hydrogens (tertiary/aromatic N) is 3. The van der Waals surface area contributed by atoms with Gasteiger partial charge in [-0.05, 0) is 0 Å². The Morgan fingerprint density at radius 3 is 2.23 bits per heavy atom. The van der Waals surface area contributed by atoms with E-state index in [0.717, 1.165) is 9.27 Å². The minimum atomic E-state index is -0.767. The van der Waals surface area contributed by atoms with Crippen molar-refractivity contribution in [3.05, 3.63) is 81.1 Å². The van der Waals surface area contributed by atoms with Crippen LogP contribution in [0.5, 0.6) is 0 Å². The summed E-state index contributed by atoms with van der Waals surface area (Å²) in [6, 6.07) is 21.0. The summed E-state index contributed by atoms with van der Waals surface area (Å²) in [5.74, 6) is -0.242. The normalized spacial score (nSPS) is 18.6. The summed E-state index contributed by atoms with van der Waals surface area (Å²) in [4.78, 5) is 29.8. The molecule has 6 heteroatoms. The van der Waals surface area contributed by atoms with Gasteiger partial charge in [-0.1, -0.05) is 0 Å². The fourth-order valence-electron chi connectivity index (χ4n) is 4.39. The van der Waals surface area contributed by atoms with Gasteiger partial charge in [0.15, 0.2) is 0 Å². The number of fused-ring (bicyclic) bond motifs is 2. The van der Waals surface area contributed by atoms with Gasteiger partial charge >= 0.3 is 192 Å². The van der Waals surface area contributed by atoms with Crippen LogP contribution >= 0.6 is 0 Å². The number of likely N-dealkylation sites (N-methyl/N-ethyl adjacent to an activating group) is 2. The summed E-state index contributed by atoms with van der Waals surface area (Å²) in [5, 5.41) is 0. The van der Waals surface area contributed by atoms with Crippen molar-refractivity contribution in [2.75, 3.05) is 19.0 Å². The molecular formula is C25H23N3O2Te. The van der Waals surface area contributed by atoms with Crippen LogP contribution in [0.2, 0.25) is 0 Å². The number of carbonyl (C=O) groups is 2. The third-order valence-corrected chi connectivity index (χ3v) is 9.22. The van der Waals surface area contributed by atoms with Crippen LogP contribution in [0.15, 0.2) is 66.4 Å². The molecule has 156 valence electrons. The van der Waals surface area contributed by atoms with Crippen molar-refractivity contribution in [1.29, 1.82) is 0 Å². The standard InChI is InChI=1S/C25H23N3O2Te/c1-25(2)18-12-8-9-13-20(18)28(16-10-6-5-7-11-16)23-19(25)14-17(31-23)15-21-22(29)27(4)24(30)26(21)3/h5-15H,1-4H3/b21-15+. The van der Waals surface area contributed by atoms with E-state index in [2.05, 4.69) is 73.3 Å². The molecule has 5 rings (SSSR count). The Balaban J connectivity index is 1.70. The SMILES string of the molecule is CN1C(=O)/C(=C\c2cc3c([te]2)N(c2ccccc2)c2ccccc2C3(C)C)N(C)C1=O. The Morgan fingerprint density at radius 2 is 1.55 bits per heavy atom. The maximum atomic E-state index is 12.6. The fraction of sp³-hybridized carbons (Fsp3) is 0.200. The number of rotatable bonds is 2. The predicted molar refractivity (Wildman–Crippen MR) is 124 cm³/mol. The second kappa shape index (κ2) is 7.12. The summed E-state index contributed by atoms with van der Waals surface area (Å²) >= 11 is -0.767. The topological polar surface area (TPSA) is 43.9 Å². The number of carbonyl (C=O) groups excluding carboxylic acids is 2. The molecule has 2 aliphatic rings. The third kappa shape index (κ3) is 2.97. The zero-order chi connectivity index (χ0) is 21.9. The summed E-state index contributed by atoms with van der Waals surface area (Å²) in [7, 11) is 3.19. The number of imide groups is 1. The van der Waals surface area contributed by atoms with Gasteiger partial charge in [-0.15, -0.1) is 0 Å². The molecule has 0 radical (unpaired) electrons. The molecule has 0 spiro atoms. The van der Waals surface area contributed by atoms with Gasteiger partial charge in [-0.2, -0.15) is 0 Å². The van der Waals surface area contributed by atoms with Crippen LogP contribution < -0.4 is 4.90 Å². The molecule has 0 aliphatic carbocycles. The van der Waals surface area contributed by atoms with Gasteiger partial charge in [-0.3, -0.25) is 0 Å². The molecule has 3 aromatic rings. The molecule has 0 atom stereocenters. The van der Waals surface area contributed by atoms with E-state index < -0.39 is 20.4 Å². The molecule has 0 bridgehead atoms. The molecule has 2 aliphatic heterocycles. The van der Waals surface area contributed by atoms with Crippen LogP contribution in [0, 0.1) is 0 Å². The number of anilines is 3. The molecule has 1 saturated heterocycles. The first-order valence-corrected chi connectivity index (χ1v) is 12.5. The van der Waals surface area contributed by atoms with E-state index in [1.54, 1.807) is 7.05 Å². The van der Waals surface area contributed by atoms with E-state index in [1.165, 1.54) is 37.4 Å². The Hall–Kier alpha value is -2.81. The molecule has 1 fully saturated rings. The summed E-state index contributed by atoms with van der Waals surface area (Å²) in [5.41, 5.74) is 5.27. The van der Waals surface area contributed by atoms with Gasteiger partial charge in [0.1, 0.15) is 0 Å². The van der Waals surface area contributed by atoms with Crippen LogP contribution in [0.25, 0.3) is 6.08 Å². The first-order chi connectivity index (χ1) is 14.8. The Kier molecular flexibility index (Phi) is 4.62. The Morgan fingerprint density at radius 1 is 0.871 bits per heavy atom. The molecular weight excluding hydrogens is 502 g/mol. The van der Waals surface area contributed by atoms with Gasteiger partial charge in [0.05, 0.1) is 0 Å². The molecule has 0 saturated carbocycles. The first kappa shape index (κ1) is 20.1. The average molecular weight is 525 g/mol. The molecule has 0 N–H and O–H groups in total. The van der Waals surface area contributed by atoms with Crippen molar-refractivity contribution in [1.82, 2.24) is 9.80 Å². The van der Waals surface area contributed by atoms with Crippen molar-refractivity contribution in [2.24, 2.45) is 0 Å². The molecule has 5 nitrogen and oxygen atoms in total. The van der Waals surface area contributed by atoms with Crippen molar-refractivity contribution < 1.29 is 9.59 Å². The maximum absolute atomic E-state index is 12.6. The minimum absolute atomic E-state index is 0.138. The monoisotopic (exact) mass is 527 g/mol. The molecule has 31 heavy (non-hydrogen) atoms. The van der Waals surface area contributed by atoms with Crippen LogP contribution in [-0.2, 0) is 10.2 Å². The van der Waals surface area contributed by atoms with Crippen LogP contribution in [0.3, 0.4) is 0 Å². The molecule has 3 heterocycles. The second-order valence-corrected chi connectivity index (χ2v) is 11.4.